The lowest BCUT2D eigenvalue weighted by Crippen LogP contribution is -2.45. The van der Waals surface area contributed by atoms with Crippen LogP contribution >= 0.6 is 0 Å². The van der Waals surface area contributed by atoms with Crippen molar-refractivity contribution in [2.75, 3.05) is 13.2 Å². The number of carbonyl (C=O) groups excluding carboxylic acids is 2. The summed E-state index contributed by atoms with van der Waals surface area (Å²) >= 11 is 0. The van der Waals surface area contributed by atoms with Crippen molar-refractivity contribution in [2.24, 2.45) is 17.8 Å². The SMILES string of the molecule is CC(C)C(NC(=O)C1CC1CNC(=O)OCC1c2ccccc2-c2ccccc21)C(=O)O. The highest BCUT2D eigenvalue weighted by atomic mass is 16.5. The Bertz CT molecular complexity index is 989. The van der Waals surface area contributed by atoms with Crippen molar-refractivity contribution in [3.05, 3.63) is 59.7 Å². The highest BCUT2D eigenvalue weighted by molar-refractivity contribution is 5.87. The van der Waals surface area contributed by atoms with E-state index in [4.69, 9.17) is 4.74 Å². The van der Waals surface area contributed by atoms with Crippen molar-refractivity contribution in [3.63, 3.8) is 0 Å². The fourth-order valence-electron chi connectivity index (χ4n) is 4.43. The van der Waals surface area contributed by atoms with Gasteiger partial charge < -0.3 is 20.5 Å². The summed E-state index contributed by atoms with van der Waals surface area (Å²) in [5, 5.41) is 14.6. The average molecular weight is 437 g/mol. The Morgan fingerprint density at radius 2 is 1.62 bits per heavy atom. The van der Waals surface area contributed by atoms with E-state index in [9.17, 15) is 19.5 Å². The Morgan fingerprint density at radius 1 is 1.03 bits per heavy atom. The number of aliphatic carboxylic acids is 1. The number of carboxylic acids is 1. The van der Waals surface area contributed by atoms with Gasteiger partial charge in [0, 0.05) is 18.4 Å². The van der Waals surface area contributed by atoms with Crippen LogP contribution in [0.2, 0.25) is 0 Å². The second-order valence-corrected chi connectivity index (χ2v) is 8.88. The van der Waals surface area contributed by atoms with Gasteiger partial charge in [-0.05, 0) is 40.5 Å². The van der Waals surface area contributed by atoms with Gasteiger partial charge >= 0.3 is 12.1 Å². The normalized spacial score (nSPS) is 19.6. The second-order valence-electron chi connectivity index (χ2n) is 8.88. The molecule has 7 nitrogen and oxygen atoms in total. The van der Waals surface area contributed by atoms with Crippen LogP contribution < -0.4 is 10.6 Å². The molecule has 0 saturated heterocycles. The van der Waals surface area contributed by atoms with Gasteiger partial charge in [-0.2, -0.15) is 0 Å². The maximum Gasteiger partial charge on any atom is 0.407 e. The molecule has 1 saturated carbocycles. The molecular formula is C25H28N2O5. The number of carbonyl (C=O) groups is 3. The van der Waals surface area contributed by atoms with Crippen LogP contribution in [0.5, 0.6) is 0 Å². The van der Waals surface area contributed by atoms with E-state index < -0.39 is 18.1 Å². The smallest absolute Gasteiger partial charge is 0.407 e. The van der Waals surface area contributed by atoms with Gasteiger partial charge in [0.1, 0.15) is 12.6 Å². The Morgan fingerprint density at radius 3 is 2.19 bits per heavy atom. The summed E-state index contributed by atoms with van der Waals surface area (Å²) in [6, 6.07) is 15.4. The topological polar surface area (TPSA) is 105 Å². The molecule has 2 aliphatic carbocycles. The predicted molar refractivity (Wildman–Crippen MR) is 119 cm³/mol. The minimum Gasteiger partial charge on any atom is -0.480 e. The molecule has 2 aliphatic rings. The number of ether oxygens (including phenoxy) is 1. The van der Waals surface area contributed by atoms with Crippen LogP contribution in [0.15, 0.2) is 48.5 Å². The molecule has 3 atom stereocenters. The molecule has 7 heteroatoms. The molecule has 32 heavy (non-hydrogen) atoms. The summed E-state index contributed by atoms with van der Waals surface area (Å²) in [4.78, 5) is 35.8. The van der Waals surface area contributed by atoms with Crippen LogP contribution in [0.3, 0.4) is 0 Å². The van der Waals surface area contributed by atoms with E-state index >= 15 is 0 Å². The molecule has 0 aliphatic heterocycles. The summed E-state index contributed by atoms with van der Waals surface area (Å²) < 4.78 is 5.51. The number of benzene rings is 2. The fourth-order valence-corrected chi connectivity index (χ4v) is 4.43. The molecule has 2 aromatic carbocycles. The van der Waals surface area contributed by atoms with Gasteiger partial charge in [-0.15, -0.1) is 0 Å². The molecule has 4 rings (SSSR count). The van der Waals surface area contributed by atoms with E-state index in [1.807, 2.05) is 24.3 Å². The molecule has 0 radical (unpaired) electrons. The lowest BCUT2D eigenvalue weighted by Gasteiger charge is -2.18. The van der Waals surface area contributed by atoms with E-state index in [1.165, 1.54) is 11.1 Å². The summed E-state index contributed by atoms with van der Waals surface area (Å²) in [6.07, 6.45) is 0.114. The van der Waals surface area contributed by atoms with Crippen molar-refractivity contribution >= 4 is 18.0 Å². The molecule has 0 bridgehead atoms. The van der Waals surface area contributed by atoms with Crippen molar-refractivity contribution in [2.45, 2.75) is 32.2 Å². The van der Waals surface area contributed by atoms with E-state index in [-0.39, 0.29) is 36.2 Å². The monoisotopic (exact) mass is 436 g/mol. The first-order chi connectivity index (χ1) is 15.4. The molecule has 1 fully saturated rings. The van der Waals surface area contributed by atoms with E-state index in [0.29, 0.717) is 13.0 Å². The fraction of sp³-hybridized carbons (Fsp3) is 0.400. The zero-order chi connectivity index (χ0) is 22.8. The Labute approximate surface area is 187 Å². The zero-order valence-corrected chi connectivity index (χ0v) is 18.2. The zero-order valence-electron chi connectivity index (χ0n) is 18.2. The van der Waals surface area contributed by atoms with E-state index in [0.717, 1.165) is 11.1 Å². The summed E-state index contributed by atoms with van der Waals surface area (Å²) in [5.74, 6) is -1.79. The molecule has 2 amide bonds. The summed E-state index contributed by atoms with van der Waals surface area (Å²) in [7, 11) is 0. The van der Waals surface area contributed by atoms with Gasteiger partial charge in [-0.3, -0.25) is 4.79 Å². The molecule has 3 unspecified atom stereocenters. The lowest BCUT2D eigenvalue weighted by atomic mass is 9.98. The Hall–Kier alpha value is -3.35. The highest BCUT2D eigenvalue weighted by Gasteiger charge is 2.44. The third-order valence-electron chi connectivity index (χ3n) is 6.34. The summed E-state index contributed by atoms with van der Waals surface area (Å²) in [6.45, 7) is 4.07. The van der Waals surface area contributed by atoms with Crippen LogP contribution in [-0.4, -0.2) is 42.3 Å². The van der Waals surface area contributed by atoms with Gasteiger partial charge in [-0.1, -0.05) is 62.4 Å². The minimum absolute atomic E-state index is 0.00269. The highest BCUT2D eigenvalue weighted by Crippen LogP contribution is 2.44. The molecule has 2 aromatic rings. The average Bonchev–Trinajstić information content (AvgIpc) is 3.49. The van der Waals surface area contributed by atoms with Gasteiger partial charge in [0.05, 0.1) is 0 Å². The van der Waals surface area contributed by atoms with E-state index in [2.05, 4.69) is 34.9 Å². The van der Waals surface area contributed by atoms with Crippen molar-refractivity contribution < 1.29 is 24.2 Å². The number of alkyl carbamates (subject to hydrolysis) is 1. The number of fused-ring (bicyclic) bond motifs is 3. The predicted octanol–water partition coefficient (Wildman–Crippen LogP) is 3.39. The first-order valence-electron chi connectivity index (χ1n) is 11.0. The Balaban J connectivity index is 1.26. The number of hydrogen-bond acceptors (Lipinski definition) is 4. The largest absolute Gasteiger partial charge is 0.480 e. The lowest BCUT2D eigenvalue weighted by molar-refractivity contribution is -0.143. The number of hydrogen-bond donors (Lipinski definition) is 3. The van der Waals surface area contributed by atoms with Crippen molar-refractivity contribution in [3.8, 4) is 11.1 Å². The molecule has 0 heterocycles. The van der Waals surface area contributed by atoms with Crippen LogP contribution in [-0.2, 0) is 14.3 Å². The van der Waals surface area contributed by atoms with Gasteiger partial charge in [-0.25, -0.2) is 9.59 Å². The molecule has 0 spiro atoms. The van der Waals surface area contributed by atoms with Crippen LogP contribution in [0.25, 0.3) is 11.1 Å². The third-order valence-corrected chi connectivity index (χ3v) is 6.34. The van der Waals surface area contributed by atoms with Crippen LogP contribution in [0.1, 0.15) is 37.3 Å². The Kier molecular flexibility index (Phi) is 6.17. The number of nitrogens with one attached hydrogen (secondary N) is 2. The van der Waals surface area contributed by atoms with Crippen LogP contribution in [0, 0.1) is 17.8 Å². The molecule has 168 valence electrons. The molecule has 0 aromatic heterocycles. The summed E-state index contributed by atoms with van der Waals surface area (Å²) in [5.41, 5.74) is 4.65. The van der Waals surface area contributed by atoms with E-state index in [1.54, 1.807) is 13.8 Å². The number of rotatable bonds is 8. The minimum atomic E-state index is -1.04. The van der Waals surface area contributed by atoms with Crippen LogP contribution in [0.4, 0.5) is 4.79 Å². The second kappa shape index (κ2) is 9.02. The quantitative estimate of drug-likeness (QED) is 0.588. The van der Waals surface area contributed by atoms with Crippen molar-refractivity contribution in [1.29, 1.82) is 0 Å². The number of carboxylic acid groups (broad SMARTS) is 1. The van der Waals surface area contributed by atoms with Gasteiger partial charge in [0.15, 0.2) is 0 Å². The number of amides is 2. The molecular weight excluding hydrogens is 408 g/mol. The maximum atomic E-state index is 12.3. The van der Waals surface area contributed by atoms with Gasteiger partial charge in [0.25, 0.3) is 0 Å². The standard InChI is InChI=1S/C25H28N2O5/c1-14(2)22(24(29)30)27-23(28)20-11-15(20)12-26-25(31)32-13-21-18-9-5-3-7-16(18)17-8-4-6-10-19(17)21/h3-10,14-15,20-22H,11-13H2,1-2H3,(H,26,31)(H,27,28)(H,29,30). The molecule has 3 N–H and O–H groups in total. The maximum absolute atomic E-state index is 12.3. The third kappa shape index (κ3) is 4.47. The van der Waals surface area contributed by atoms with Crippen molar-refractivity contribution in [1.82, 2.24) is 10.6 Å². The first kappa shape index (κ1) is 21.9. The van der Waals surface area contributed by atoms with Gasteiger partial charge in [0.2, 0.25) is 5.91 Å². The first-order valence-corrected chi connectivity index (χ1v) is 11.0.